The summed E-state index contributed by atoms with van der Waals surface area (Å²) in [5, 5.41) is 11.1. The molecule has 0 amide bonds. The maximum atomic E-state index is 13.7. The number of fused-ring (bicyclic) bond motifs is 1. The standard InChI is InChI=1S/C16H11F2NO/c17-11-6-7-12(13(18)9-11)16(20)15-8-5-10-3-1-2-4-14(10)19-15/h1-9,16,20H. The fraction of sp³-hybridized carbons (Fsp3) is 0.0625. The molecule has 0 aliphatic heterocycles. The first-order valence-electron chi connectivity index (χ1n) is 6.14. The number of benzene rings is 2. The van der Waals surface area contributed by atoms with Crippen LogP contribution in [-0.4, -0.2) is 10.1 Å². The van der Waals surface area contributed by atoms with Crippen LogP contribution in [0.3, 0.4) is 0 Å². The average Bonchev–Trinajstić information content (AvgIpc) is 2.46. The van der Waals surface area contributed by atoms with Crippen molar-refractivity contribution in [3.05, 3.63) is 77.5 Å². The molecule has 0 bridgehead atoms. The Morgan fingerprint density at radius 2 is 1.75 bits per heavy atom. The second-order valence-corrected chi connectivity index (χ2v) is 4.50. The molecule has 3 aromatic rings. The lowest BCUT2D eigenvalue weighted by Gasteiger charge is -2.12. The number of para-hydroxylation sites is 1. The lowest BCUT2D eigenvalue weighted by molar-refractivity contribution is 0.210. The minimum absolute atomic E-state index is 0.00850. The Kier molecular flexibility index (Phi) is 3.16. The van der Waals surface area contributed by atoms with Crippen molar-refractivity contribution in [2.45, 2.75) is 6.10 Å². The average molecular weight is 271 g/mol. The number of nitrogens with zero attached hydrogens (tertiary/aromatic N) is 1. The van der Waals surface area contributed by atoms with E-state index in [4.69, 9.17) is 0 Å². The van der Waals surface area contributed by atoms with Crippen LogP contribution in [-0.2, 0) is 0 Å². The van der Waals surface area contributed by atoms with E-state index in [0.717, 1.165) is 17.5 Å². The molecule has 1 unspecified atom stereocenters. The summed E-state index contributed by atoms with van der Waals surface area (Å²) in [5.41, 5.74) is 1.05. The number of aromatic nitrogens is 1. The Morgan fingerprint density at radius 3 is 2.55 bits per heavy atom. The molecular formula is C16H11F2NO. The van der Waals surface area contributed by atoms with Gasteiger partial charge in [-0.2, -0.15) is 0 Å². The summed E-state index contributed by atoms with van der Waals surface area (Å²) in [7, 11) is 0. The van der Waals surface area contributed by atoms with E-state index in [1.165, 1.54) is 6.07 Å². The number of halogens is 2. The predicted octanol–water partition coefficient (Wildman–Crippen LogP) is 3.59. The maximum Gasteiger partial charge on any atom is 0.132 e. The molecule has 0 aliphatic rings. The monoisotopic (exact) mass is 271 g/mol. The molecule has 0 radical (unpaired) electrons. The summed E-state index contributed by atoms with van der Waals surface area (Å²) >= 11 is 0. The Balaban J connectivity index is 2.05. The van der Waals surface area contributed by atoms with Crippen LogP contribution < -0.4 is 0 Å². The van der Waals surface area contributed by atoms with Crippen LogP contribution in [0.25, 0.3) is 10.9 Å². The lowest BCUT2D eigenvalue weighted by atomic mass is 10.0. The zero-order valence-corrected chi connectivity index (χ0v) is 10.4. The van der Waals surface area contributed by atoms with Crippen LogP contribution in [0.15, 0.2) is 54.6 Å². The third-order valence-electron chi connectivity index (χ3n) is 3.16. The molecule has 2 nitrogen and oxygen atoms in total. The Morgan fingerprint density at radius 1 is 0.950 bits per heavy atom. The van der Waals surface area contributed by atoms with Crippen molar-refractivity contribution < 1.29 is 13.9 Å². The molecule has 1 aromatic heterocycles. The summed E-state index contributed by atoms with van der Waals surface area (Å²) in [4.78, 5) is 4.30. The van der Waals surface area contributed by atoms with Crippen LogP contribution in [0, 0.1) is 11.6 Å². The van der Waals surface area contributed by atoms with Gasteiger partial charge in [0.2, 0.25) is 0 Å². The number of hydrogen-bond acceptors (Lipinski definition) is 2. The first-order chi connectivity index (χ1) is 9.65. The van der Waals surface area contributed by atoms with Gasteiger partial charge in [0.1, 0.15) is 17.7 Å². The molecule has 1 heterocycles. The smallest absolute Gasteiger partial charge is 0.132 e. The molecule has 0 saturated heterocycles. The van der Waals surface area contributed by atoms with Gasteiger partial charge in [-0.3, -0.25) is 0 Å². The number of pyridine rings is 1. The third-order valence-corrected chi connectivity index (χ3v) is 3.16. The van der Waals surface area contributed by atoms with Crippen molar-refractivity contribution in [1.29, 1.82) is 0 Å². The Bertz CT molecular complexity index is 773. The highest BCUT2D eigenvalue weighted by atomic mass is 19.1. The van der Waals surface area contributed by atoms with Crippen LogP contribution in [0.1, 0.15) is 17.4 Å². The molecule has 4 heteroatoms. The number of hydrogen-bond donors (Lipinski definition) is 1. The molecule has 1 atom stereocenters. The van der Waals surface area contributed by atoms with Crippen LogP contribution in [0.2, 0.25) is 0 Å². The third kappa shape index (κ3) is 2.26. The van der Waals surface area contributed by atoms with Crippen molar-refractivity contribution in [2.75, 3.05) is 0 Å². The van der Waals surface area contributed by atoms with Gasteiger partial charge in [0.15, 0.2) is 0 Å². The zero-order valence-electron chi connectivity index (χ0n) is 10.4. The normalized spacial score (nSPS) is 12.6. The molecular weight excluding hydrogens is 260 g/mol. The molecule has 100 valence electrons. The van der Waals surface area contributed by atoms with Crippen LogP contribution in [0.5, 0.6) is 0 Å². The van der Waals surface area contributed by atoms with E-state index in [1.54, 1.807) is 6.07 Å². The van der Waals surface area contributed by atoms with Crippen LogP contribution >= 0.6 is 0 Å². The van der Waals surface area contributed by atoms with E-state index < -0.39 is 17.7 Å². The van der Waals surface area contributed by atoms with Gasteiger partial charge in [-0.1, -0.05) is 30.3 Å². The fourth-order valence-corrected chi connectivity index (χ4v) is 2.12. The van der Waals surface area contributed by atoms with Gasteiger partial charge in [0.05, 0.1) is 11.2 Å². The maximum absolute atomic E-state index is 13.7. The van der Waals surface area contributed by atoms with Crippen molar-refractivity contribution in [2.24, 2.45) is 0 Å². The molecule has 1 N–H and O–H groups in total. The summed E-state index contributed by atoms with van der Waals surface area (Å²) < 4.78 is 26.6. The van der Waals surface area contributed by atoms with Gasteiger partial charge >= 0.3 is 0 Å². The topological polar surface area (TPSA) is 33.1 Å². The highest BCUT2D eigenvalue weighted by molar-refractivity contribution is 5.78. The largest absolute Gasteiger partial charge is 0.382 e. The lowest BCUT2D eigenvalue weighted by Crippen LogP contribution is -2.05. The van der Waals surface area contributed by atoms with Gasteiger partial charge < -0.3 is 5.11 Å². The van der Waals surface area contributed by atoms with Crippen LogP contribution in [0.4, 0.5) is 8.78 Å². The second-order valence-electron chi connectivity index (χ2n) is 4.50. The molecule has 20 heavy (non-hydrogen) atoms. The molecule has 3 rings (SSSR count). The molecule has 0 spiro atoms. The first-order valence-corrected chi connectivity index (χ1v) is 6.14. The summed E-state index contributed by atoms with van der Waals surface area (Å²) in [5.74, 6) is -1.46. The van der Waals surface area contributed by atoms with Crippen molar-refractivity contribution in [1.82, 2.24) is 4.98 Å². The first kappa shape index (κ1) is 12.7. The minimum atomic E-state index is -1.22. The summed E-state index contributed by atoms with van der Waals surface area (Å²) in [6.45, 7) is 0. The predicted molar refractivity (Wildman–Crippen MR) is 72.2 cm³/mol. The van der Waals surface area contributed by atoms with Gasteiger partial charge in [0, 0.05) is 17.0 Å². The number of aliphatic hydroxyl groups excluding tert-OH is 1. The van der Waals surface area contributed by atoms with Crippen molar-refractivity contribution >= 4 is 10.9 Å². The van der Waals surface area contributed by atoms with Crippen molar-refractivity contribution in [3.63, 3.8) is 0 Å². The summed E-state index contributed by atoms with van der Waals surface area (Å²) in [6, 6.07) is 14.0. The Labute approximate surface area is 114 Å². The summed E-state index contributed by atoms with van der Waals surface area (Å²) in [6.07, 6.45) is -1.22. The molecule has 2 aromatic carbocycles. The minimum Gasteiger partial charge on any atom is -0.382 e. The molecule has 0 fully saturated rings. The van der Waals surface area contributed by atoms with E-state index in [-0.39, 0.29) is 5.56 Å². The van der Waals surface area contributed by atoms with E-state index in [9.17, 15) is 13.9 Å². The quantitative estimate of drug-likeness (QED) is 0.772. The number of aliphatic hydroxyl groups is 1. The SMILES string of the molecule is OC(c1ccc2ccccc2n1)c1ccc(F)cc1F. The van der Waals surface area contributed by atoms with Gasteiger partial charge in [0.25, 0.3) is 0 Å². The highest BCUT2D eigenvalue weighted by Gasteiger charge is 2.17. The Hall–Kier alpha value is -2.33. The van der Waals surface area contributed by atoms with Gasteiger partial charge in [-0.25, -0.2) is 13.8 Å². The molecule has 0 saturated carbocycles. The number of rotatable bonds is 2. The van der Waals surface area contributed by atoms with E-state index in [0.29, 0.717) is 11.2 Å². The second kappa shape index (κ2) is 4.98. The van der Waals surface area contributed by atoms with E-state index >= 15 is 0 Å². The molecule has 0 aliphatic carbocycles. The zero-order chi connectivity index (χ0) is 14.1. The van der Waals surface area contributed by atoms with Gasteiger partial charge in [-0.15, -0.1) is 0 Å². The van der Waals surface area contributed by atoms with E-state index in [2.05, 4.69) is 4.98 Å². The van der Waals surface area contributed by atoms with E-state index in [1.807, 2.05) is 30.3 Å². The van der Waals surface area contributed by atoms with Crippen molar-refractivity contribution in [3.8, 4) is 0 Å². The fourth-order valence-electron chi connectivity index (χ4n) is 2.12. The van der Waals surface area contributed by atoms with Gasteiger partial charge in [-0.05, 0) is 18.2 Å². The highest BCUT2D eigenvalue weighted by Crippen LogP contribution is 2.25.